The van der Waals surface area contributed by atoms with Gasteiger partial charge in [-0.15, -0.1) is 0 Å². The van der Waals surface area contributed by atoms with E-state index < -0.39 is 0 Å². The lowest BCUT2D eigenvalue weighted by Crippen LogP contribution is -2.32. The molecule has 0 saturated heterocycles. The minimum absolute atomic E-state index is 0.0368. The highest BCUT2D eigenvalue weighted by atomic mass is 16.3. The Kier molecular flexibility index (Phi) is 4.12. The molecule has 0 radical (unpaired) electrons. The predicted octanol–water partition coefficient (Wildman–Crippen LogP) is 0.684. The van der Waals surface area contributed by atoms with E-state index in [0.717, 1.165) is 6.54 Å². The van der Waals surface area contributed by atoms with Gasteiger partial charge in [-0.1, -0.05) is 0 Å². The monoisotopic (exact) mass is 208 g/mol. The molecule has 0 aromatic heterocycles. The molecule has 4 nitrogen and oxygen atoms in total. The van der Waals surface area contributed by atoms with E-state index in [2.05, 4.69) is 5.32 Å². The minimum Gasteiger partial charge on any atom is -0.508 e. The number of phenols is 1. The average molecular weight is 208 g/mol. The summed E-state index contributed by atoms with van der Waals surface area (Å²) in [5.41, 5.74) is 0.589. The number of nitrogens with one attached hydrogen (secondary N) is 1. The van der Waals surface area contributed by atoms with Crippen molar-refractivity contribution in [2.75, 3.05) is 27.2 Å². The first-order valence-electron chi connectivity index (χ1n) is 4.84. The van der Waals surface area contributed by atoms with Gasteiger partial charge in [-0.2, -0.15) is 0 Å². The molecule has 0 heterocycles. The van der Waals surface area contributed by atoms with E-state index in [-0.39, 0.29) is 11.7 Å². The number of carbonyl (C=O) groups is 1. The molecule has 0 fully saturated rings. The van der Waals surface area contributed by atoms with E-state index in [1.807, 2.05) is 7.05 Å². The Bertz CT molecular complexity index is 322. The van der Waals surface area contributed by atoms with Crippen LogP contribution in [-0.2, 0) is 0 Å². The maximum Gasteiger partial charge on any atom is 0.253 e. The van der Waals surface area contributed by atoms with Crippen molar-refractivity contribution in [1.82, 2.24) is 10.2 Å². The van der Waals surface area contributed by atoms with Gasteiger partial charge in [0.05, 0.1) is 0 Å². The van der Waals surface area contributed by atoms with Crippen LogP contribution in [0.5, 0.6) is 5.75 Å². The fourth-order valence-corrected chi connectivity index (χ4v) is 1.21. The van der Waals surface area contributed by atoms with Gasteiger partial charge in [0.2, 0.25) is 0 Å². The summed E-state index contributed by atoms with van der Waals surface area (Å²) >= 11 is 0. The van der Waals surface area contributed by atoms with Crippen molar-refractivity contribution in [2.45, 2.75) is 0 Å². The van der Waals surface area contributed by atoms with Gasteiger partial charge in [-0.3, -0.25) is 4.79 Å². The summed E-state index contributed by atoms with van der Waals surface area (Å²) in [7, 11) is 3.60. The van der Waals surface area contributed by atoms with Crippen molar-refractivity contribution in [3.05, 3.63) is 29.8 Å². The van der Waals surface area contributed by atoms with Crippen molar-refractivity contribution in [2.24, 2.45) is 0 Å². The highest BCUT2D eigenvalue weighted by Crippen LogP contribution is 2.10. The number of hydrogen-bond acceptors (Lipinski definition) is 3. The third kappa shape index (κ3) is 3.25. The van der Waals surface area contributed by atoms with Gasteiger partial charge in [0.1, 0.15) is 5.75 Å². The van der Waals surface area contributed by atoms with E-state index in [1.54, 1.807) is 24.1 Å². The second-order valence-corrected chi connectivity index (χ2v) is 3.38. The smallest absolute Gasteiger partial charge is 0.253 e. The number of rotatable bonds is 4. The Morgan fingerprint density at radius 2 is 2.00 bits per heavy atom. The lowest BCUT2D eigenvalue weighted by molar-refractivity contribution is 0.0797. The van der Waals surface area contributed by atoms with Crippen LogP contribution in [0.3, 0.4) is 0 Å². The van der Waals surface area contributed by atoms with Crippen molar-refractivity contribution in [3.8, 4) is 5.75 Å². The molecule has 15 heavy (non-hydrogen) atoms. The van der Waals surface area contributed by atoms with Crippen LogP contribution in [0.2, 0.25) is 0 Å². The summed E-state index contributed by atoms with van der Waals surface area (Å²) in [5.74, 6) is 0.134. The van der Waals surface area contributed by atoms with Crippen LogP contribution in [0.4, 0.5) is 0 Å². The average Bonchev–Trinajstić information content (AvgIpc) is 2.26. The first-order valence-corrected chi connectivity index (χ1v) is 4.84. The Balaban J connectivity index is 2.63. The summed E-state index contributed by atoms with van der Waals surface area (Å²) in [5, 5.41) is 12.1. The zero-order valence-electron chi connectivity index (χ0n) is 9.03. The lowest BCUT2D eigenvalue weighted by Gasteiger charge is -2.16. The van der Waals surface area contributed by atoms with Crippen molar-refractivity contribution < 1.29 is 9.90 Å². The maximum atomic E-state index is 11.8. The molecule has 1 rings (SSSR count). The molecule has 0 saturated carbocycles. The molecule has 0 spiro atoms. The summed E-state index contributed by atoms with van der Waals surface area (Å²) in [4.78, 5) is 13.4. The molecule has 0 aliphatic carbocycles. The maximum absolute atomic E-state index is 11.8. The van der Waals surface area contributed by atoms with Gasteiger partial charge in [0.15, 0.2) is 0 Å². The summed E-state index contributed by atoms with van der Waals surface area (Å²) in [6.45, 7) is 1.43. The van der Waals surface area contributed by atoms with Crippen LogP contribution in [0.15, 0.2) is 24.3 Å². The molecule has 1 aromatic carbocycles. The second kappa shape index (κ2) is 5.36. The molecule has 0 aliphatic rings. The fourth-order valence-electron chi connectivity index (χ4n) is 1.21. The van der Waals surface area contributed by atoms with Gasteiger partial charge >= 0.3 is 0 Å². The van der Waals surface area contributed by atoms with Crippen LogP contribution in [0.1, 0.15) is 10.4 Å². The first kappa shape index (κ1) is 11.5. The molecule has 4 heteroatoms. The number of hydrogen-bond donors (Lipinski definition) is 2. The van der Waals surface area contributed by atoms with Gasteiger partial charge < -0.3 is 15.3 Å². The quantitative estimate of drug-likeness (QED) is 0.765. The molecular formula is C11H16N2O2. The van der Waals surface area contributed by atoms with E-state index in [9.17, 15) is 4.79 Å². The lowest BCUT2D eigenvalue weighted by atomic mass is 10.2. The highest BCUT2D eigenvalue weighted by Gasteiger charge is 2.10. The van der Waals surface area contributed by atoms with E-state index in [4.69, 9.17) is 5.11 Å². The highest BCUT2D eigenvalue weighted by molar-refractivity contribution is 5.94. The molecule has 1 amide bonds. The van der Waals surface area contributed by atoms with Crippen LogP contribution < -0.4 is 5.32 Å². The number of phenolic OH excluding ortho intramolecular Hbond substituents is 1. The first-order chi connectivity index (χ1) is 7.15. The van der Waals surface area contributed by atoms with Crippen LogP contribution >= 0.6 is 0 Å². The molecule has 82 valence electrons. The summed E-state index contributed by atoms with van der Waals surface area (Å²) in [6, 6.07) is 6.26. The largest absolute Gasteiger partial charge is 0.508 e. The number of likely N-dealkylation sites (N-methyl/N-ethyl adjacent to an activating group) is 2. The summed E-state index contributed by atoms with van der Waals surface area (Å²) < 4.78 is 0. The number of aromatic hydroxyl groups is 1. The SMILES string of the molecule is CNCCN(C)C(=O)c1ccc(O)cc1. The van der Waals surface area contributed by atoms with Crippen molar-refractivity contribution >= 4 is 5.91 Å². The molecular weight excluding hydrogens is 192 g/mol. The Labute approximate surface area is 89.5 Å². The Morgan fingerprint density at radius 3 is 2.53 bits per heavy atom. The van der Waals surface area contributed by atoms with Crippen molar-refractivity contribution in [3.63, 3.8) is 0 Å². The zero-order chi connectivity index (χ0) is 11.3. The predicted molar refractivity (Wildman–Crippen MR) is 59.0 cm³/mol. The number of benzene rings is 1. The molecule has 2 N–H and O–H groups in total. The van der Waals surface area contributed by atoms with Crippen LogP contribution in [0, 0.1) is 0 Å². The van der Waals surface area contributed by atoms with Gasteiger partial charge in [-0.25, -0.2) is 0 Å². The standard InChI is InChI=1S/C11H16N2O2/c1-12-7-8-13(2)11(15)9-3-5-10(14)6-4-9/h3-6,12,14H,7-8H2,1-2H3. The molecule has 0 unspecified atom stereocenters. The topological polar surface area (TPSA) is 52.6 Å². The van der Waals surface area contributed by atoms with Crippen LogP contribution in [-0.4, -0.2) is 43.1 Å². The summed E-state index contributed by atoms with van der Waals surface area (Å²) in [6.07, 6.45) is 0. The number of amides is 1. The molecule has 0 aliphatic heterocycles. The number of nitrogens with zero attached hydrogens (tertiary/aromatic N) is 1. The Hall–Kier alpha value is -1.55. The van der Waals surface area contributed by atoms with E-state index >= 15 is 0 Å². The molecule has 0 atom stereocenters. The van der Waals surface area contributed by atoms with Gasteiger partial charge in [-0.05, 0) is 31.3 Å². The molecule has 0 bridgehead atoms. The zero-order valence-corrected chi connectivity index (χ0v) is 9.03. The Morgan fingerprint density at radius 1 is 1.40 bits per heavy atom. The van der Waals surface area contributed by atoms with Gasteiger partial charge in [0, 0.05) is 25.7 Å². The third-order valence-electron chi connectivity index (χ3n) is 2.16. The number of carbonyl (C=O) groups excluding carboxylic acids is 1. The second-order valence-electron chi connectivity index (χ2n) is 3.38. The fraction of sp³-hybridized carbons (Fsp3) is 0.364. The van der Waals surface area contributed by atoms with Gasteiger partial charge in [0.25, 0.3) is 5.91 Å². The third-order valence-corrected chi connectivity index (χ3v) is 2.16. The normalized spacial score (nSPS) is 10.0. The molecule has 1 aromatic rings. The van der Waals surface area contributed by atoms with Crippen molar-refractivity contribution in [1.29, 1.82) is 0 Å². The van der Waals surface area contributed by atoms with Crippen LogP contribution in [0.25, 0.3) is 0 Å². The minimum atomic E-state index is -0.0368. The van der Waals surface area contributed by atoms with E-state index in [0.29, 0.717) is 12.1 Å². The van der Waals surface area contributed by atoms with E-state index in [1.165, 1.54) is 12.1 Å².